The van der Waals surface area contributed by atoms with Crippen molar-refractivity contribution in [2.24, 2.45) is 0 Å². The molecule has 0 radical (unpaired) electrons. The minimum absolute atomic E-state index is 0.337. The van der Waals surface area contributed by atoms with E-state index in [-0.39, 0.29) is 6.04 Å². The fourth-order valence-electron chi connectivity index (χ4n) is 1.72. The van der Waals surface area contributed by atoms with Gasteiger partial charge in [-0.05, 0) is 11.1 Å². The van der Waals surface area contributed by atoms with E-state index in [1.807, 2.05) is 60.7 Å². The normalized spacial score (nSPS) is 12.6. The summed E-state index contributed by atoms with van der Waals surface area (Å²) in [7, 11) is 0. The van der Waals surface area contributed by atoms with E-state index >= 15 is 0 Å². The molecule has 1 atom stereocenters. The summed E-state index contributed by atoms with van der Waals surface area (Å²) in [5, 5.41) is 0. The molecule has 0 aliphatic heterocycles. The van der Waals surface area contributed by atoms with Gasteiger partial charge in [-0.25, -0.2) is 4.72 Å². The zero-order valence-electron chi connectivity index (χ0n) is 9.08. The molecule has 1 N–H and O–H groups in total. The highest BCUT2D eigenvalue weighted by Crippen LogP contribution is 2.21. The van der Waals surface area contributed by atoms with Crippen LogP contribution in [0.5, 0.6) is 0 Å². The molecule has 2 rings (SSSR count). The van der Waals surface area contributed by atoms with Crippen LogP contribution in [-0.4, -0.2) is 8.76 Å². The molecule has 4 heteroatoms. The SMILES string of the molecule is O=S([O-])NC(c1ccccc1)c1ccccc1. The van der Waals surface area contributed by atoms with Gasteiger partial charge in [0, 0.05) is 11.3 Å². The van der Waals surface area contributed by atoms with Crippen LogP contribution in [0.3, 0.4) is 0 Å². The molecule has 0 aliphatic carbocycles. The van der Waals surface area contributed by atoms with Gasteiger partial charge < -0.3 is 4.55 Å². The van der Waals surface area contributed by atoms with Crippen LogP contribution in [0.2, 0.25) is 0 Å². The van der Waals surface area contributed by atoms with Crippen LogP contribution in [0.25, 0.3) is 0 Å². The van der Waals surface area contributed by atoms with Gasteiger partial charge in [-0.3, -0.25) is 4.21 Å². The van der Waals surface area contributed by atoms with E-state index in [2.05, 4.69) is 4.72 Å². The molecule has 3 nitrogen and oxygen atoms in total. The van der Waals surface area contributed by atoms with Crippen molar-refractivity contribution in [1.29, 1.82) is 0 Å². The lowest BCUT2D eigenvalue weighted by molar-refractivity contribution is 0.515. The second-order valence-electron chi connectivity index (χ2n) is 3.61. The van der Waals surface area contributed by atoms with Gasteiger partial charge in [-0.2, -0.15) is 0 Å². The molecule has 0 bridgehead atoms. The first-order valence-corrected chi connectivity index (χ1v) is 6.30. The second-order valence-corrected chi connectivity index (χ2v) is 4.31. The fraction of sp³-hybridized carbons (Fsp3) is 0.0769. The average molecular weight is 246 g/mol. The number of hydrogen-bond acceptors (Lipinski definition) is 2. The van der Waals surface area contributed by atoms with Gasteiger partial charge in [0.1, 0.15) is 0 Å². The lowest BCUT2D eigenvalue weighted by atomic mass is 10.00. The molecular formula is C13H12NO2S-. The minimum atomic E-state index is -2.30. The Morgan fingerprint density at radius 3 is 1.65 bits per heavy atom. The molecule has 0 fully saturated rings. The standard InChI is InChI=1S/C13H13NO2S/c15-17(16)14-13(11-7-3-1-4-8-11)12-9-5-2-6-10-12/h1-10,13-14H,(H,15,16)/p-1. The molecule has 0 spiro atoms. The lowest BCUT2D eigenvalue weighted by Gasteiger charge is -2.20. The highest BCUT2D eigenvalue weighted by atomic mass is 32.2. The second kappa shape index (κ2) is 5.72. The van der Waals surface area contributed by atoms with Crippen LogP contribution in [0.15, 0.2) is 60.7 Å². The zero-order chi connectivity index (χ0) is 12.1. The number of benzene rings is 2. The van der Waals surface area contributed by atoms with Crippen LogP contribution in [0.4, 0.5) is 0 Å². The molecule has 2 aromatic carbocycles. The Morgan fingerprint density at radius 2 is 1.29 bits per heavy atom. The molecule has 17 heavy (non-hydrogen) atoms. The Kier molecular flexibility index (Phi) is 4.03. The highest BCUT2D eigenvalue weighted by molar-refractivity contribution is 7.77. The largest absolute Gasteiger partial charge is 0.760 e. The van der Waals surface area contributed by atoms with E-state index in [1.54, 1.807) is 0 Å². The third-order valence-electron chi connectivity index (χ3n) is 2.48. The summed E-state index contributed by atoms with van der Waals surface area (Å²) in [5.74, 6) is 0. The molecule has 0 aromatic heterocycles. The van der Waals surface area contributed by atoms with Gasteiger partial charge in [0.2, 0.25) is 0 Å². The van der Waals surface area contributed by atoms with Gasteiger partial charge >= 0.3 is 0 Å². The fourth-order valence-corrected chi connectivity index (χ4v) is 2.18. The van der Waals surface area contributed by atoms with Crippen molar-refractivity contribution in [3.8, 4) is 0 Å². The van der Waals surface area contributed by atoms with Gasteiger partial charge in [0.05, 0.1) is 6.04 Å². The first-order valence-electron chi connectivity index (χ1n) is 5.22. The van der Waals surface area contributed by atoms with Crippen LogP contribution in [-0.2, 0) is 11.3 Å². The smallest absolute Gasteiger partial charge is 0.0684 e. The topological polar surface area (TPSA) is 52.2 Å². The minimum Gasteiger partial charge on any atom is -0.760 e. The zero-order valence-corrected chi connectivity index (χ0v) is 9.89. The molecule has 0 amide bonds. The highest BCUT2D eigenvalue weighted by Gasteiger charge is 2.12. The Labute approximate surface area is 103 Å². The summed E-state index contributed by atoms with van der Waals surface area (Å²) in [6.07, 6.45) is 0. The number of nitrogens with one attached hydrogen (secondary N) is 1. The van der Waals surface area contributed by atoms with E-state index in [9.17, 15) is 8.76 Å². The molecule has 0 saturated carbocycles. The van der Waals surface area contributed by atoms with Gasteiger partial charge in [-0.15, -0.1) is 0 Å². The predicted octanol–water partition coefficient (Wildman–Crippen LogP) is 2.16. The van der Waals surface area contributed by atoms with Crippen molar-refractivity contribution in [3.05, 3.63) is 71.8 Å². The predicted molar refractivity (Wildman–Crippen MR) is 66.8 cm³/mol. The van der Waals surface area contributed by atoms with Crippen molar-refractivity contribution in [2.45, 2.75) is 6.04 Å². The van der Waals surface area contributed by atoms with Crippen LogP contribution in [0.1, 0.15) is 17.2 Å². The Morgan fingerprint density at radius 1 is 0.882 bits per heavy atom. The Hall–Kier alpha value is -1.49. The van der Waals surface area contributed by atoms with E-state index in [0.717, 1.165) is 11.1 Å². The molecule has 0 saturated heterocycles. The third kappa shape index (κ3) is 3.23. The maximum atomic E-state index is 10.8. The molecule has 88 valence electrons. The van der Waals surface area contributed by atoms with Crippen molar-refractivity contribution >= 4 is 11.3 Å². The van der Waals surface area contributed by atoms with Crippen molar-refractivity contribution in [2.75, 3.05) is 0 Å². The quantitative estimate of drug-likeness (QED) is 0.840. The van der Waals surface area contributed by atoms with Crippen molar-refractivity contribution in [3.63, 3.8) is 0 Å². The average Bonchev–Trinajstić information content (AvgIpc) is 2.38. The lowest BCUT2D eigenvalue weighted by Crippen LogP contribution is -2.24. The summed E-state index contributed by atoms with van der Waals surface area (Å²) < 4.78 is 24.2. The van der Waals surface area contributed by atoms with Crippen LogP contribution >= 0.6 is 0 Å². The van der Waals surface area contributed by atoms with Gasteiger partial charge in [-0.1, -0.05) is 60.7 Å². The number of rotatable bonds is 4. The van der Waals surface area contributed by atoms with Crippen LogP contribution in [0, 0.1) is 0 Å². The summed E-state index contributed by atoms with van der Waals surface area (Å²) >= 11 is -2.30. The van der Waals surface area contributed by atoms with Gasteiger partial charge in [0.25, 0.3) is 0 Å². The summed E-state index contributed by atoms with van der Waals surface area (Å²) in [5.41, 5.74) is 1.84. The monoisotopic (exact) mass is 246 g/mol. The molecule has 1 unspecified atom stereocenters. The third-order valence-corrected chi connectivity index (χ3v) is 2.91. The van der Waals surface area contributed by atoms with E-state index in [0.29, 0.717) is 0 Å². The first-order chi connectivity index (χ1) is 8.27. The van der Waals surface area contributed by atoms with E-state index < -0.39 is 11.3 Å². The summed E-state index contributed by atoms with van der Waals surface area (Å²) in [6, 6.07) is 18.6. The van der Waals surface area contributed by atoms with Gasteiger partial charge in [0.15, 0.2) is 0 Å². The maximum absolute atomic E-state index is 10.8. The summed E-state index contributed by atoms with van der Waals surface area (Å²) in [4.78, 5) is 0. The first kappa shape index (κ1) is 12.0. The molecule has 0 aliphatic rings. The molecular weight excluding hydrogens is 234 g/mol. The Balaban J connectivity index is 2.36. The molecule has 0 heterocycles. The van der Waals surface area contributed by atoms with Crippen molar-refractivity contribution < 1.29 is 8.76 Å². The maximum Gasteiger partial charge on any atom is 0.0684 e. The van der Waals surface area contributed by atoms with Crippen molar-refractivity contribution in [1.82, 2.24) is 4.72 Å². The molecule has 2 aromatic rings. The van der Waals surface area contributed by atoms with E-state index in [1.165, 1.54) is 0 Å². The van der Waals surface area contributed by atoms with E-state index in [4.69, 9.17) is 0 Å². The number of hydrogen-bond donors (Lipinski definition) is 1. The Bertz CT molecular complexity index is 448. The summed E-state index contributed by atoms with van der Waals surface area (Å²) in [6.45, 7) is 0. The van der Waals surface area contributed by atoms with Crippen LogP contribution < -0.4 is 4.72 Å².